The summed E-state index contributed by atoms with van der Waals surface area (Å²) in [5, 5.41) is 10.7. The Hall–Kier alpha value is -0.120. The summed E-state index contributed by atoms with van der Waals surface area (Å²) in [6, 6.07) is 1.38. The third kappa shape index (κ3) is 2.51. The molecule has 0 saturated carbocycles. The van der Waals surface area contributed by atoms with E-state index in [0.717, 1.165) is 6.42 Å². The molecular weight excluding hydrogens is 306 g/mol. The minimum atomic E-state index is -0.693. The summed E-state index contributed by atoms with van der Waals surface area (Å²) in [5.41, 5.74) is 1.13. The molecule has 4 heteroatoms. The summed E-state index contributed by atoms with van der Waals surface area (Å²) < 4.78 is 14.4. The van der Waals surface area contributed by atoms with Crippen molar-refractivity contribution in [3.8, 4) is 0 Å². The molecule has 2 rings (SSSR count). The molecule has 1 atom stereocenters. The molecule has 0 saturated heterocycles. The lowest BCUT2D eigenvalue weighted by atomic mass is 9.84. The Labute approximate surface area is 114 Å². The Morgan fingerprint density at radius 3 is 2.82 bits per heavy atom. The molecular formula is C13H15BrClFO. The zero-order chi connectivity index (χ0) is 12.8. The molecule has 1 aliphatic carbocycles. The van der Waals surface area contributed by atoms with E-state index in [2.05, 4.69) is 29.8 Å². The average molecular weight is 322 g/mol. The van der Waals surface area contributed by atoms with E-state index in [1.807, 2.05) is 0 Å². The molecule has 0 fully saturated rings. The quantitative estimate of drug-likeness (QED) is 0.545. The Morgan fingerprint density at radius 1 is 1.53 bits per heavy atom. The van der Waals surface area contributed by atoms with Gasteiger partial charge in [-0.05, 0) is 52.2 Å². The van der Waals surface area contributed by atoms with E-state index >= 15 is 0 Å². The van der Waals surface area contributed by atoms with Gasteiger partial charge >= 0.3 is 0 Å². The Balaban J connectivity index is 2.59. The van der Waals surface area contributed by atoms with E-state index in [4.69, 9.17) is 11.6 Å². The monoisotopic (exact) mass is 320 g/mol. The number of aliphatic hydroxyl groups excluding tert-OH is 1. The molecule has 0 aliphatic heterocycles. The number of benzene rings is 1. The average Bonchev–Trinajstić information content (AvgIpc) is 2.31. The van der Waals surface area contributed by atoms with Gasteiger partial charge in [0.1, 0.15) is 5.82 Å². The summed E-state index contributed by atoms with van der Waals surface area (Å²) in [6.07, 6.45) is 1.39. The smallest absolute Gasteiger partial charge is 0.127 e. The SMILES string of the molecule is CC1(C)CCc2c(F)cc(Br)c(Cl)c2C(O)C1. The lowest BCUT2D eigenvalue weighted by Crippen LogP contribution is -2.13. The molecule has 0 radical (unpaired) electrons. The van der Waals surface area contributed by atoms with Crippen LogP contribution in [0.25, 0.3) is 0 Å². The van der Waals surface area contributed by atoms with Crippen LogP contribution in [0.5, 0.6) is 0 Å². The molecule has 1 unspecified atom stereocenters. The summed E-state index contributed by atoms with van der Waals surface area (Å²) in [4.78, 5) is 0. The fourth-order valence-corrected chi connectivity index (χ4v) is 3.15. The summed E-state index contributed by atoms with van der Waals surface area (Å²) in [7, 11) is 0. The normalized spacial score (nSPS) is 23.1. The van der Waals surface area contributed by atoms with E-state index in [1.165, 1.54) is 6.07 Å². The Bertz CT molecular complexity index is 459. The molecule has 0 aromatic heterocycles. The van der Waals surface area contributed by atoms with Crippen molar-refractivity contribution >= 4 is 27.5 Å². The first-order valence-corrected chi connectivity index (χ1v) is 6.83. The molecule has 0 bridgehead atoms. The van der Waals surface area contributed by atoms with Crippen LogP contribution >= 0.6 is 27.5 Å². The molecule has 0 amide bonds. The number of hydrogen-bond acceptors (Lipinski definition) is 1. The molecule has 1 aromatic carbocycles. The zero-order valence-corrected chi connectivity index (χ0v) is 12.2. The molecule has 0 spiro atoms. The predicted octanol–water partition coefficient (Wildman–Crippen LogP) is 4.64. The molecule has 1 nitrogen and oxygen atoms in total. The van der Waals surface area contributed by atoms with Crippen LogP contribution in [0.1, 0.15) is 43.9 Å². The third-order valence-corrected chi connectivity index (χ3v) is 4.70. The van der Waals surface area contributed by atoms with Gasteiger partial charge in [-0.2, -0.15) is 0 Å². The van der Waals surface area contributed by atoms with Crippen molar-refractivity contribution in [2.24, 2.45) is 5.41 Å². The summed E-state index contributed by atoms with van der Waals surface area (Å²) in [5.74, 6) is -0.284. The Morgan fingerprint density at radius 2 is 2.18 bits per heavy atom. The van der Waals surface area contributed by atoms with Gasteiger partial charge in [0.25, 0.3) is 0 Å². The van der Waals surface area contributed by atoms with E-state index in [1.54, 1.807) is 0 Å². The maximum Gasteiger partial charge on any atom is 0.127 e. The molecule has 1 aromatic rings. The molecule has 1 N–H and O–H groups in total. The van der Waals surface area contributed by atoms with Crippen molar-refractivity contribution in [3.63, 3.8) is 0 Å². The van der Waals surface area contributed by atoms with E-state index in [0.29, 0.717) is 33.5 Å². The molecule has 94 valence electrons. The van der Waals surface area contributed by atoms with Crippen LogP contribution in [0.2, 0.25) is 5.02 Å². The van der Waals surface area contributed by atoms with Crippen LogP contribution in [0.3, 0.4) is 0 Å². The van der Waals surface area contributed by atoms with Crippen LogP contribution in [0.15, 0.2) is 10.5 Å². The number of aliphatic hydroxyl groups is 1. The van der Waals surface area contributed by atoms with E-state index < -0.39 is 6.10 Å². The minimum absolute atomic E-state index is 0.000676. The first-order chi connectivity index (χ1) is 7.82. The predicted molar refractivity (Wildman–Crippen MR) is 70.8 cm³/mol. The topological polar surface area (TPSA) is 20.2 Å². The van der Waals surface area contributed by atoms with Crippen LogP contribution < -0.4 is 0 Å². The van der Waals surface area contributed by atoms with Gasteiger partial charge in [-0.25, -0.2) is 4.39 Å². The van der Waals surface area contributed by atoms with Crippen molar-refractivity contribution in [2.75, 3.05) is 0 Å². The van der Waals surface area contributed by atoms with Gasteiger partial charge in [-0.1, -0.05) is 25.4 Å². The molecule has 1 aliphatic rings. The second-order valence-electron chi connectivity index (χ2n) is 5.43. The summed E-state index contributed by atoms with van der Waals surface area (Å²) in [6.45, 7) is 4.17. The first kappa shape index (κ1) is 13.3. The van der Waals surface area contributed by atoms with Gasteiger partial charge in [0.15, 0.2) is 0 Å². The maximum absolute atomic E-state index is 13.9. The fourth-order valence-electron chi connectivity index (χ4n) is 2.44. The van der Waals surface area contributed by atoms with Crippen LogP contribution in [-0.2, 0) is 6.42 Å². The van der Waals surface area contributed by atoms with Gasteiger partial charge in [-0.3, -0.25) is 0 Å². The molecule has 0 heterocycles. The van der Waals surface area contributed by atoms with Crippen molar-refractivity contribution in [2.45, 2.75) is 39.2 Å². The lowest BCUT2D eigenvalue weighted by molar-refractivity contribution is 0.116. The second kappa shape index (κ2) is 4.52. The highest BCUT2D eigenvalue weighted by molar-refractivity contribution is 9.10. The van der Waals surface area contributed by atoms with Gasteiger partial charge in [0.2, 0.25) is 0 Å². The van der Waals surface area contributed by atoms with Crippen molar-refractivity contribution in [1.82, 2.24) is 0 Å². The van der Waals surface area contributed by atoms with Crippen LogP contribution in [0.4, 0.5) is 4.39 Å². The Kier molecular flexibility index (Phi) is 3.54. The number of rotatable bonds is 0. The summed E-state index contributed by atoms with van der Waals surface area (Å²) >= 11 is 9.39. The van der Waals surface area contributed by atoms with Gasteiger partial charge < -0.3 is 5.11 Å². The van der Waals surface area contributed by atoms with Gasteiger partial charge in [-0.15, -0.1) is 0 Å². The number of halogens is 3. The second-order valence-corrected chi connectivity index (χ2v) is 6.66. The molecule has 17 heavy (non-hydrogen) atoms. The van der Waals surface area contributed by atoms with Gasteiger partial charge in [0.05, 0.1) is 11.1 Å². The van der Waals surface area contributed by atoms with Gasteiger partial charge in [0, 0.05) is 10.0 Å². The lowest BCUT2D eigenvalue weighted by Gasteiger charge is -2.24. The fraction of sp³-hybridized carbons (Fsp3) is 0.538. The third-order valence-electron chi connectivity index (χ3n) is 3.44. The van der Waals surface area contributed by atoms with Crippen molar-refractivity contribution in [3.05, 3.63) is 32.5 Å². The zero-order valence-electron chi connectivity index (χ0n) is 9.86. The highest BCUT2D eigenvalue weighted by Gasteiger charge is 2.32. The standard InChI is InChI=1S/C13H15BrClFO/c1-13(2)4-3-7-9(16)5-8(14)12(15)11(7)10(17)6-13/h5,10,17H,3-4,6H2,1-2H3. The highest BCUT2D eigenvalue weighted by Crippen LogP contribution is 2.44. The first-order valence-electron chi connectivity index (χ1n) is 5.66. The van der Waals surface area contributed by atoms with Crippen molar-refractivity contribution in [1.29, 1.82) is 0 Å². The minimum Gasteiger partial charge on any atom is -0.388 e. The largest absolute Gasteiger partial charge is 0.388 e. The van der Waals surface area contributed by atoms with E-state index in [-0.39, 0.29) is 11.2 Å². The maximum atomic E-state index is 13.9. The highest BCUT2D eigenvalue weighted by atomic mass is 79.9. The van der Waals surface area contributed by atoms with Crippen molar-refractivity contribution < 1.29 is 9.50 Å². The van der Waals surface area contributed by atoms with Crippen LogP contribution in [0, 0.1) is 11.2 Å². The number of fused-ring (bicyclic) bond motifs is 1. The van der Waals surface area contributed by atoms with Crippen LogP contribution in [-0.4, -0.2) is 5.11 Å². The van der Waals surface area contributed by atoms with E-state index in [9.17, 15) is 9.50 Å². The number of hydrogen-bond donors (Lipinski definition) is 1.